The fourth-order valence-electron chi connectivity index (χ4n) is 0.246. The molecule has 0 saturated heterocycles. The summed E-state index contributed by atoms with van der Waals surface area (Å²) in [6, 6.07) is 0. The topological polar surface area (TPSA) is 17.1 Å². The van der Waals surface area contributed by atoms with Crippen molar-refractivity contribution in [3.8, 4) is 23.4 Å². The lowest BCUT2D eigenvalue weighted by Crippen LogP contribution is -2.16. The maximum Gasteiger partial charge on any atom is 0.192 e. The zero-order valence-electron chi connectivity index (χ0n) is 10.1. The van der Waals surface area contributed by atoms with Gasteiger partial charge in [0.1, 0.15) is 16.1 Å². The largest absolute Gasteiger partial charge is 0.289 e. The molecule has 0 rings (SSSR count). The molecule has 0 N–H and O–H groups in total. The Bertz CT molecular complexity index is 263. The molecule has 78 valence electrons. The molecule has 0 aromatic carbocycles. The van der Waals surface area contributed by atoms with Gasteiger partial charge in [-0.25, -0.2) is 0 Å². The number of aldehydes is 1. The van der Waals surface area contributed by atoms with E-state index >= 15 is 0 Å². The summed E-state index contributed by atoms with van der Waals surface area (Å²) >= 11 is 0. The summed E-state index contributed by atoms with van der Waals surface area (Å²) in [6.07, 6.45) is 5.77. The van der Waals surface area contributed by atoms with Crippen LogP contribution in [-0.4, -0.2) is 22.4 Å². The third-order valence-electron chi connectivity index (χ3n) is 0.939. The van der Waals surface area contributed by atoms with Crippen LogP contribution in [0.5, 0.6) is 0 Å². The average Bonchev–Trinajstić information content (AvgIpc) is 1.99. The van der Waals surface area contributed by atoms with E-state index in [2.05, 4.69) is 56.3 Å². The average molecular weight is 224 g/mol. The molecule has 0 aromatic heterocycles. The number of rotatable bonds is 0. The maximum atomic E-state index is 9.70. The summed E-state index contributed by atoms with van der Waals surface area (Å²) in [5.74, 6) is 2.42. The highest BCUT2D eigenvalue weighted by molar-refractivity contribution is 6.84. The monoisotopic (exact) mass is 224 g/mol. The SMILES string of the molecule is C#C[Si](C)(C)C.C[Si](C)(C)C#CC=O. The summed E-state index contributed by atoms with van der Waals surface area (Å²) < 4.78 is 0. The molecule has 0 radical (unpaired) electrons. The normalized spacial score (nSPS) is 9.79. The Hall–Kier alpha value is -0.776. The Morgan fingerprint density at radius 1 is 1.00 bits per heavy atom. The van der Waals surface area contributed by atoms with Gasteiger partial charge in [0.05, 0.1) is 0 Å². The Kier molecular flexibility index (Phi) is 7.44. The highest BCUT2D eigenvalue weighted by Gasteiger charge is 2.06. The molecule has 0 spiro atoms. The first-order chi connectivity index (χ1) is 6.12. The van der Waals surface area contributed by atoms with Crippen molar-refractivity contribution in [2.45, 2.75) is 39.3 Å². The Labute approximate surface area is 90.3 Å². The molecule has 0 aliphatic rings. The van der Waals surface area contributed by atoms with Gasteiger partial charge >= 0.3 is 0 Å². The van der Waals surface area contributed by atoms with Crippen molar-refractivity contribution < 1.29 is 4.79 Å². The molecule has 0 aliphatic heterocycles. The van der Waals surface area contributed by atoms with E-state index in [1.54, 1.807) is 0 Å². The van der Waals surface area contributed by atoms with Gasteiger partial charge in [0.2, 0.25) is 0 Å². The van der Waals surface area contributed by atoms with Crippen LogP contribution in [0.25, 0.3) is 0 Å². The summed E-state index contributed by atoms with van der Waals surface area (Å²) in [4.78, 5) is 9.70. The van der Waals surface area contributed by atoms with Crippen LogP contribution in [0.1, 0.15) is 0 Å². The lowest BCUT2D eigenvalue weighted by Gasteiger charge is -2.01. The highest BCUT2D eigenvalue weighted by Crippen LogP contribution is 1.95. The van der Waals surface area contributed by atoms with E-state index < -0.39 is 16.1 Å². The van der Waals surface area contributed by atoms with Crippen LogP contribution < -0.4 is 0 Å². The molecule has 0 heterocycles. The molecule has 0 fully saturated rings. The fourth-order valence-corrected chi connectivity index (χ4v) is 0.738. The van der Waals surface area contributed by atoms with Crippen molar-refractivity contribution in [1.29, 1.82) is 0 Å². The summed E-state index contributed by atoms with van der Waals surface area (Å²) in [5.41, 5.74) is 5.64. The fraction of sp³-hybridized carbons (Fsp3) is 0.545. The van der Waals surface area contributed by atoms with E-state index in [0.29, 0.717) is 6.29 Å². The van der Waals surface area contributed by atoms with Crippen LogP contribution in [0.3, 0.4) is 0 Å². The van der Waals surface area contributed by atoms with E-state index in [1.165, 1.54) is 0 Å². The lowest BCUT2D eigenvalue weighted by atomic mass is 10.8. The second kappa shape index (κ2) is 6.64. The van der Waals surface area contributed by atoms with Gasteiger partial charge in [-0.2, -0.15) is 0 Å². The minimum Gasteiger partial charge on any atom is -0.289 e. The number of hydrogen-bond donors (Lipinski definition) is 0. The van der Waals surface area contributed by atoms with Gasteiger partial charge in [0, 0.05) is 0 Å². The summed E-state index contributed by atoms with van der Waals surface area (Å²) in [5, 5.41) is 0. The van der Waals surface area contributed by atoms with Gasteiger partial charge in [-0.05, 0) is 5.92 Å². The predicted octanol–water partition coefficient (Wildman–Crippen LogP) is 2.56. The quantitative estimate of drug-likeness (QED) is 0.351. The van der Waals surface area contributed by atoms with Gasteiger partial charge in [-0.15, -0.1) is 17.5 Å². The standard InChI is InChI=1S/C6H10OSi.C5H10Si/c1-8(2,3)6-4-5-7;1-5-6(2,3)4/h5H,1-3H3;1H,2-4H3. The smallest absolute Gasteiger partial charge is 0.192 e. The third-order valence-corrected chi connectivity index (χ3v) is 2.70. The summed E-state index contributed by atoms with van der Waals surface area (Å²) in [6.45, 7) is 12.7. The van der Waals surface area contributed by atoms with Gasteiger partial charge in [0.15, 0.2) is 6.29 Å². The van der Waals surface area contributed by atoms with Gasteiger partial charge in [-0.1, -0.05) is 39.3 Å². The van der Waals surface area contributed by atoms with Crippen molar-refractivity contribution in [2.75, 3.05) is 0 Å². The maximum absolute atomic E-state index is 9.70. The molecule has 0 amide bonds. The molecule has 0 bridgehead atoms. The van der Waals surface area contributed by atoms with E-state index in [-0.39, 0.29) is 0 Å². The van der Waals surface area contributed by atoms with Crippen LogP contribution in [0.2, 0.25) is 39.3 Å². The van der Waals surface area contributed by atoms with Crippen molar-refractivity contribution in [3.05, 3.63) is 0 Å². The van der Waals surface area contributed by atoms with E-state index in [9.17, 15) is 4.79 Å². The lowest BCUT2D eigenvalue weighted by molar-refractivity contribution is -0.103. The van der Waals surface area contributed by atoms with Crippen molar-refractivity contribution in [1.82, 2.24) is 0 Å². The first-order valence-electron chi connectivity index (χ1n) is 4.56. The number of carbonyl (C=O) groups excluding carboxylic acids is 1. The predicted molar refractivity (Wildman–Crippen MR) is 69.4 cm³/mol. The van der Waals surface area contributed by atoms with Crippen LogP contribution in [0.15, 0.2) is 0 Å². The molecule has 0 unspecified atom stereocenters. The van der Waals surface area contributed by atoms with Gasteiger partial charge in [0.25, 0.3) is 0 Å². The van der Waals surface area contributed by atoms with Crippen LogP contribution in [0, 0.1) is 23.4 Å². The van der Waals surface area contributed by atoms with E-state index in [0.717, 1.165) is 0 Å². The Balaban J connectivity index is 0. The minimum atomic E-state index is -1.27. The number of carbonyl (C=O) groups is 1. The van der Waals surface area contributed by atoms with E-state index in [1.807, 2.05) is 0 Å². The molecule has 1 nitrogen and oxygen atoms in total. The van der Waals surface area contributed by atoms with Gasteiger partial charge in [-0.3, -0.25) is 4.79 Å². The molecular weight excluding hydrogens is 204 g/mol. The third kappa shape index (κ3) is 22.5. The first kappa shape index (κ1) is 15.7. The van der Waals surface area contributed by atoms with Gasteiger partial charge < -0.3 is 0 Å². The first-order valence-corrected chi connectivity index (χ1v) is 11.6. The minimum absolute atomic E-state index is 0.651. The Morgan fingerprint density at radius 2 is 1.36 bits per heavy atom. The Morgan fingerprint density at radius 3 is 1.43 bits per heavy atom. The van der Waals surface area contributed by atoms with Crippen molar-refractivity contribution in [3.63, 3.8) is 0 Å². The van der Waals surface area contributed by atoms with Crippen molar-refractivity contribution in [2.24, 2.45) is 0 Å². The molecule has 0 aromatic rings. The molecule has 3 heteroatoms. The van der Waals surface area contributed by atoms with E-state index in [4.69, 9.17) is 6.42 Å². The second-order valence-electron chi connectivity index (χ2n) is 5.03. The van der Waals surface area contributed by atoms with Crippen LogP contribution in [-0.2, 0) is 4.79 Å². The second-order valence-corrected chi connectivity index (χ2v) is 14.6. The highest BCUT2D eigenvalue weighted by atomic mass is 28.3. The van der Waals surface area contributed by atoms with Crippen LogP contribution in [0.4, 0.5) is 0 Å². The summed E-state index contributed by atoms with van der Waals surface area (Å²) in [7, 11) is -2.37. The number of terminal acetylenes is 1. The zero-order chi connectivity index (χ0) is 11.8. The molecule has 0 saturated carbocycles. The molecule has 0 aliphatic carbocycles. The molecule has 14 heavy (non-hydrogen) atoms. The number of hydrogen-bond acceptors (Lipinski definition) is 1. The van der Waals surface area contributed by atoms with Crippen molar-refractivity contribution >= 4 is 22.4 Å². The zero-order valence-corrected chi connectivity index (χ0v) is 12.1. The molecular formula is C11H20OSi2. The van der Waals surface area contributed by atoms with Crippen LogP contribution >= 0.6 is 0 Å². The molecule has 0 atom stereocenters.